The Morgan fingerprint density at radius 3 is 3.00 bits per heavy atom. The van der Waals surface area contributed by atoms with Gasteiger partial charge in [-0.1, -0.05) is 11.3 Å². The molecule has 1 fully saturated rings. The third-order valence-electron chi connectivity index (χ3n) is 2.94. The lowest BCUT2D eigenvalue weighted by atomic mass is 10.2. The van der Waals surface area contributed by atoms with Crippen LogP contribution < -0.4 is 10.6 Å². The number of anilines is 1. The number of methoxy groups -OCH3 is 1. The fraction of sp³-hybridized carbons (Fsp3) is 0.308. The number of aromatic nitrogens is 1. The predicted molar refractivity (Wildman–Crippen MR) is 83.3 cm³/mol. The standard InChI is InChI=1S/C13H13N3O2S2/c1-18-11(17)7-2-5-9-10(6-7)20-13(15-9)16-12(19)14-8-3-4-8/h2,5-6,8H,3-4H2,1H3,(H2,14,15,16,19). The minimum absolute atomic E-state index is 0.347. The molecule has 0 aliphatic heterocycles. The number of hydrogen-bond acceptors (Lipinski definition) is 5. The zero-order chi connectivity index (χ0) is 14.1. The van der Waals surface area contributed by atoms with Crippen LogP contribution in [0.15, 0.2) is 18.2 Å². The van der Waals surface area contributed by atoms with Crippen molar-refractivity contribution < 1.29 is 9.53 Å². The molecule has 0 atom stereocenters. The number of thiocarbonyl (C=S) groups is 1. The van der Waals surface area contributed by atoms with Crippen molar-refractivity contribution in [3.63, 3.8) is 0 Å². The van der Waals surface area contributed by atoms with Crippen molar-refractivity contribution in [1.82, 2.24) is 10.3 Å². The van der Waals surface area contributed by atoms with Crippen LogP contribution >= 0.6 is 23.6 Å². The molecule has 1 aromatic carbocycles. The van der Waals surface area contributed by atoms with E-state index in [2.05, 4.69) is 15.6 Å². The second-order valence-corrected chi connectivity index (χ2v) is 6.00. The van der Waals surface area contributed by atoms with Crippen LogP contribution in [0.1, 0.15) is 23.2 Å². The summed E-state index contributed by atoms with van der Waals surface area (Å²) in [4.78, 5) is 15.9. The van der Waals surface area contributed by atoms with E-state index in [1.54, 1.807) is 18.2 Å². The van der Waals surface area contributed by atoms with Gasteiger partial charge >= 0.3 is 5.97 Å². The van der Waals surface area contributed by atoms with Gasteiger partial charge in [-0.2, -0.15) is 0 Å². The van der Waals surface area contributed by atoms with E-state index in [4.69, 9.17) is 17.0 Å². The quantitative estimate of drug-likeness (QED) is 0.671. The molecule has 1 saturated carbocycles. The highest BCUT2D eigenvalue weighted by Gasteiger charge is 2.22. The maximum Gasteiger partial charge on any atom is 0.337 e. The van der Waals surface area contributed by atoms with Gasteiger partial charge in [0.25, 0.3) is 0 Å². The molecule has 1 aliphatic carbocycles. The summed E-state index contributed by atoms with van der Waals surface area (Å²) in [6, 6.07) is 5.80. The van der Waals surface area contributed by atoms with Gasteiger partial charge in [-0.25, -0.2) is 9.78 Å². The first-order valence-electron chi connectivity index (χ1n) is 6.22. The largest absolute Gasteiger partial charge is 0.465 e. The van der Waals surface area contributed by atoms with E-state index >= 15 is 0 Å². The molecule has 1 aromatic heterocycles. The number of esters is 1. The number of thiazole rings is 1. The lowest BCUT2D eigenvalue weighted by molar-refractivity contribution is 0.0601. The van der Waals surface area contributed by atoms with Gasteiger partial charge in [0.05, 0.1) is 22.9 Å². The lowest BCUT2D eigenvalue weighted by Crippen LogP contribution is -2.29. The van der Waals surface area contributed by atoms with Crippen LogP contribution in [-0.4, -0.2) is 29.2 Å². The Balaban J connectivity index is 1.78. The predicted octanol–water partition coefficient (Wildman–Crippen LogP) is 2.53. The number of fused-ring (bicyclic) bond motifs is 1. The summed E-state index contributed by atoms with van der Waals surface area (Å²) in [6.07, 6.45) is 2.34. The minimum atomic E-state index is -0.347. The maximum absolute atomic E-state index is 11.5. The van der Waals surface area contributed by atoms with Gasteiger partial charge in [0.15, 0.2) is 10.2 Å². The molecule has 0 spiro atoms. The first-order valence-corrected chi connectivity index (χ1v) is 7.44. The average molecular weight is 307 g/mol. The molecule has 1 aliphatic rings. The highest BCUT2D eigenvalue weighted by Crippen LogP contribution is 2.27. The van der Waals surface area contributed by atoms with E-state index in [-0.39, 0.29) is 5.97 Å². The van der Waals surface area contributed by atoms with E-state index in [1.165, 1.54) is 31.3 Å². The number of benzene rings is 1. The summed E-state index contributed by atoms with van der Waals surface area (Å²) < 4.78 is 5.63. The second kappa shape index (κ2) is 5.34. The molecule has 2 N–H and O–H groups in total. The van der Waals surface area contributed by atoms with Gasteiger partial charge in [-0.05, 0) is 43.3 Å². The number of nitrogens with one attached hydrogen (secondary N) is 2. The summed E-state index contributed by atoms with van der Waals surface area (Å²) in [5.41, 5.74) is 1.35. The van der Waals surface area contributed by atoms with Crippen molar-refractivity contribution in [2.24, 2.45) is 0 Å². The van der Waals surface area contributed by atoms with Crippen LogP contribution in [0.4, 0.5) is 5.13 Å². The number of nitrogens with zero attached hydrogens (tertiary/aromatic N) is 1. The zero-order valence-electron chi connectivity index (χ0n) is 10.8. The minimum Gasteiger partial charge on any atom is -0.465 e. The van der Waals surface area contributed by atoms with Crippen LogP contribution in [0.25, 0.3) is 10.2 Å². The highest BCUT2D eigenvalue weighted by molar-refractivity contribution is 7.80. The van der Waals surface area contributed by atoms with Crippen molar-refractivity contribution in [1.29, 1.82) is 0 Å². The Bertz CT molecular complexity index is 679. The van der Waals surface area contributed by atoms with Crippen LogP contribution in [0, 0.1) is 0 Å². The van der Waals surface area contributed by atoms with Crippen molar-refractivity contribution >= 4 is 50.0 Å². The molecule has 1 heterocycles. The molecular weight excluding hydrogens is 294 g/mol. The van der Waals surface area contributed by atoms with Crippen molar-refractivity contribution in [3.05, 3.63) is 23.8 Å². The zero-order valence-corrected chi connectivity index (χ0v) is 12.4. The summed E-state index contributed by atoms with van der Waals surface area (Å²) >= 11 is 6.67. The smallest absolute Gasteiger partial charge is 0.337 e. The van der Waals surface area contributed by atoms with E-state index in [0.29, 0.717) is 16.7 Å². The Morgan fingerprint density at radius 1 is 1.50 bits per heavy atom. The Morgan fingerprint density at radius 2 is 2.30 bits per heavy atom. The summed E-state index contributed by atoms with van der Waals surface area (Å²) in [7, 11) is 1.37. The number of carbonyl (C=O) groups is 1. The number of carbonyl (C=O) groups excluding carboxylic acids is 1. The van der Waals surface area contributed by atoms with E-state index < -0.39 is 0 Å². The fourth-order valence-corrected chi connectivity index (χ4v) is 3.01. The fourth-order valence-electron chi connectivity index (χ4n) is 1.77. The normalized spacial score (nSPS) is 14.1. The average Bonchev–Trinajstić information content (AvgIpc) is 3.14. The molecule has 0 unspecified atom stereocenters. The topological polar surface area (TPSA) is 63.2 Å². The highest BCUT2D eigenvalue weighted by atomic mass is 32.1. The van der Waals surface area contributed by atoms with Gasteiger partial charge in [-0.15, -0.1) is 0 Å². The molecule has 2 aromatic rings. The van der Waals surface area contributed by atoms with E-state index in [9.17, 15) is 4.79 Å². The van der Waals surface area contributed by atoms with E-state index in [0.717, 1.165) is 15.3 Å². The monoisotopic (exact) mass is 307 g/mol. The molecule has 104 valence electrons. The first kappa shape index (κ1) is 13.3. The van der Waals surface area contributed by atoms with Crippen LogP contribution in [-0.2, 0) is 4.74 Å². The Labute approximate surface area is 125 Å². The Hall–Kier alpha value is -1.73. The second-order valence-electron chi connectivity index (χ2n) is 4.57. The molecule has 0 saturated heterocycles. The molecule has 0 bridgehead atoms. The first-order chi connectivity index (χ1) is 9.65. The molecular formula is C13H13N3O2S2. The molecule has 5 nitrogen and oxygen atoms in total. The molecule has 3 rings (SSSR count). The Kier molecular flexibility index (Phi) is 3.54. The number of ether oxygens (including phenoxy) is 1. The van der Waals surface area contributed by atoms with Crippen LogP contribution in [0.2, 0.25) is 0 Å². The SMILES string of the molecule is COC(=O)c1ccc2nc(NC(=S)NC3CC3)sc2c1. The van der Waals surface area contributed by atoms with Gasteiger partial charge in [-0.3, -0.25) is 0 Å². The van der Waals surface area contributed by atoms with Crippen molar-refractivity contribution in [3.8, 4) is 0 Å². The van der Waals surface area contributed by atoms with Gasteiger partial charge < -0.3 is 15.4 Å². The summed E-state index contributed by atoms with van der Waals surface area (Å²) in [5, 5.41) is 7.59. The van der Waals surface area contributed by atoms with Crippen LogP contribution in [0.3, 0.4) is 0 Å². The van der Waals surface area contributed by atoms with Gasteiger partial charge in [0.2, 0.25) is 0 Å². The van der Waals surface area contributed by atoms with Crippen molar-refractivity contribution in [2.75, 3.05) is 12.4 Å². The van der Waals surface area contributed by atoms with Crippen LogP contribution in [0.5, 0.6) is 0 Å². The third kappa shape index (κ3) is 2.88. The summed E-state index contributed by atoms with van der Waals surface area (Å²) in [5.74, 6) is -0.347. The van der Waals surface area contributed by atoms with Gasteiger partial charge in [0, 0.05) is 6.04 Å². The molecule has 20 heavy (non-hydrogen) atoms. The number of rotatable bonds is 3. The number of hydrogen-bond donors (Lipinski definition) is 2. The van der Waals surface area contributed by atoms with Crippen molar-refractivity contribution in [2.45, 2.75) is 18.9 Å². The maximum atomic E-state index is 11.5. The lowest BCUT2D eigenvalue weighted by Gasteiger charge is -2.05. The summed E-state index contributed by atoms with van der Waals surface area (Å²) in [6.45, 7) is 0. The third-order valence-corrected chi connectivity index (χ3v) is 4.10. The van der Waals surface area contributed by atoms with E-state index in [1.807, 2.05) is 0 Å². The molecule has 0 amide bonds. The molecule has 0 radical (unpaired) electrons. The van der Waals surface area contributed by atoms with Gasteiger partial charge in [0.1, 0.15) is 0 Å². The molecule has 7 heteroatoms.